The van der Waals surface area contributed by atoms with Gasteiger partial charge in [0.25, 0.3) is 5.91 Å². The van der Waals surface area contributed by atoms with Crippen molar-refractivity contribution < 1.29 is 9.53 Å². The maximum Gasteiger partial charge on any atom is 0.266 e. The first-order valence-corrected chi connectivity index (χ1v) is 10.4. The van der Waals surface area contributed by atoms with E-state index in [1.807, 2.05) is 30.3 Å². The van der Waals surface area contributed by atoms with Crippen LogP contribution in [0.2, 0.25) is 0 Å². The van der Waals surface area contributed by atoms with E-state index in [1.165, 1.54) is 16.9 Å². The fourth-order valence-corrected chi connectivity index (χ4v) is 3.99. The fraction of sp³-hybridized carbons (Fsp3) is 0.167. The summed E-state index contributed by atoms with van der Waals surface area (Å²) in [6.45, 7) is 1.70. The van der Waals surface area contributed by atoms with Crippen molar-refractivity contribution in [2.45, 2.75) is 23.1 Å². The number of benzene rings is 2. The van der Waals surface area contributed by atoms with Crippen LogP contribution < -0.4 is 10.1 Å². The number of amides is 1. The molecule has 3 aromatic rings. The molecule has 0 fully saturated rings. The van der Waals surface area contributed by atoms with Crippen molar-refractivity contribution in [1.82, 2.24) is 10.2 Å². The average molecular weight is 450 g/mol. The molecule has 1 N–H and O–H groups in total. The molecule has 0 radical (unpaired) electrons. The second kappa shape index (κ2) is 9.16. The first kappa shape index (κ1) is 18.9. The molecule has 2 aromatic carbocycles. The first-order valence-electron chi connectivity index (χ1n) is 7.83. The second-order valence-corrected chi connectivity index (χ2v) is 8.47. The molecule has 1 aromatic heterocycles. The number of halogens is 1. The van der Waals surface area contributed by atoms with Crippen LogP contribution in [0.5, 0.6) is 5.75 Å². The van der Waals surface area contributed by atoms with Gasteiger partial charge in [-0.05, 0) is 36.8 Å². The summed E-state index contributed by atoms with van der Waals surface area (Å²) in [6.07, 6.45) is -0.638. The van der Waals surface area contributed by atoms with Crippen LogP contribution >= 0.6 is 39.0 Å². The lowest BCUT2D eigenvalue weighted by atomic mass is 10.2. The van der Waals surface area contributed by atoms with Gasteiger partial charge in [-0.3, -0.25) is 10.1 Å². The number of anilines is 1. The number of rotatable bonds is 7. The number of hydrogen-bond donors (Lipinski definition) is 1. The number of hydrogen-bond acceptors (Lipinski definition) is 6. The highest BCUT2D eigenvalue weighted by molar-refractivity contribution is 9.10. The number of carbonyl (C=O) groups excluding carboxylic acids is 1. The molecule has 1 heterocycles. The molecule has 134 valence electrons. The zero-order chi connectivity index (χ0) is 18.4. The summed E-state index contributed by atoms with van der Waals surface area (Å²) in [6, 6.07) is 17.5. The Bertz CT molecular complexity index is 856. The van der Waals surface area contributed by atoms with Crippen molar-refractivity contribution >= 4 is 50.1 Å². The maximum atomic E-state index is 12.3. The van der Waals surface area contributed by atoms with E-state index in [0.717, 1.165) is 14.6 Å². The summed E-state index contributed by atoms with van der Waals surface area (Å²) in [5.41, 5.74) is 1.22. The van der Waals surface area contributed by atoms with E-state index in [4.69, 9.17) is 4.74 Å². The number of nitrogens with one attached hydrogen (secondary N) is 1. The molecule has 1 amide bonds. The summed E-state index contributed by atoms with van der Waals surface area (Å²) in [7, 11) is 0. The van der Waals surface area contributed by atoms with Gasteiger partial charge < -0.3 is 4.74 Å². The van der Waals surface area contributed by atoms with Gasteiger partial charge in [0, 0.05) is 10.2 Å². The molecular weight excluding hydrogens is 434 g/mol. The van der Waals surface area contributed by atoms with E-state index < -0.39 is 6.10 Å². The van der Waals surface area contributed by atoms with Gasteiger partial charge in [-0.15, -0.1) is 10.2 Å². The second-order valence-electron chi connectivity index (χ2n) is 5.35. The molecule has 26 heavy (non-hydrogen) atoms. The highest BCUT2D eigenvalue weighted by atomic mass is 79.9. The Balaban J connectivity index is 1.51. The van der Waals surface area contributed by atoms with Crippen LogP contribution in [0.3, 0.4) is 0 Å². The van der Waals surface area contributed by atoms with Crippen LogP contribution in [0.1, 0.15) is 12.5 Å². The lowest BCUT2D eigenvalue weighted by molar-refractivity contribution is -0.122. The molecule has 0 aliphatic heterocycles. The zero-order valence-electron chi connectivity index (χ0n) is 13.9. The van der Waals surface area contributed by atoms with Gasteiger partial charge in [0.2, 0.25) is 5.13 Å². The third kappa shape index (κ3) is 5.55. The van der Waals surface area contributed by atoms with Crippen LogP contribution in [0.25, 0.3) is 0 Å². The summed E-state index contributed by atoms with van der Waals surface area (Å²) in [4.78, 5) is 12.3. The van der Waals surface area contributed by atoms with Crippen molar-refractivity contribution in [2.75, 3.05) is 5.32 Å². The van der Waals surface area contributed by atoms with Gasteiger partial charge in [-0.25, -0.2) is 0 Å². The van der Waals surface area contributed by atoms with Gasteiger partial charge in [0.15, 0.2) is 10.4 Å². The molecule has 1 atom stereocenters. The molecule has 0 saturated carbocycles. The lowest BCUT2D eigenvalue weighted by Gasteiger charge is -2.13. The third-order valence-corrected chi connectivity index (χ3v) is 5.91. The highest BCUT2D eigenvalue weighted by Gasteiger charge is 2.17. The van der Waals surface area contributed by atoms with Gasteiger partial charge >= 0.3 is 0 Å². The number of ether oxygens (including phenoxy) is 1. The van der Waals surface area contributed by atoms with E-state index >= 15 is 0 Å². The first-order chi connectivity index (χ1) is 12.6. The van der Waals surface area contributed by atoms with E-state index in [-0.39, 0.29) is 5.91 Å². The van der Waals surface area contributed by atoms with Crippen molar-refractivity contribution in [3.05, 3.63) is 64.6 Å². The van der Waals surface area contributed by atoms with Gasteiger partial charge in [0.05, 0.1) is 0 Å². The van der Waals surface area contributed by atoms with E-state index in [9.17, 15) is 4.79 Å². The van der Waals surface area contributed by atoms with Crippen LogP contribution in [0.4, 0.5) is 5.13 Å². The minimum Gasteiger partial charge on any atom is -0.481 e. The zero-order valence-corrected chi connectivity index (χ0v) is 17.1. The standard InChI is InChI=1S/C18H16BrN3O2S2/c1-12(24-15-9-7-14(19)8-10-15)16(23)20-17-21-22-18(26-17)25-11-13-5-3-2-4-6-13/h2-10,12H,11H2,1H3,(H,20,21,23)/t12-/m1/s1. The Labute approximate surface area is 168 Å². The molecule has 0 aliphatic carbocycles. The van der Waals surface area contributed by atoms with Gasteiger partial charge in [-0.2, -0.15) is 0 Å². The predicted octanol–water partition coefficient (Wildman–Crippen LogP) is 5.00. The number of aromatic nitrogens is 2. The van der Waals surface area contributed by atoms with Gasteiger partial charge in [-0.1, -0.05) is 69.4 Å². The molecular formula is C18H16BrN3O2S2. The molecule has 8 heteroatoms. The Hall–Kier alpha value is -1.90. The largest absolute Gasteiger partial charge is 0.481 e. The van der Waals surface area contributed by atoms with Gasteiger partial charge in [0.1, 0.15) is 5.75 Å². The van der Waals surface area contributed by atoms with Crippen LogP contribution in [0.15, 0.2) is 63.4 Å². The summed E-state index contributed by atoms with van der Waals surface area (Å²) >= 11 is 6.31. The van der Waals surface area contributed by atoms with Crippen LogP contribution in [0, 0.1) is 0 Å². The summed E-state index contributed by atoms with van der Waals surface area (Å²) < 4.78 is 7.40. The molecule has 0 saturated heterocycles. The fourth-order valence-electron chi connectivity index (χ4n) is 2.02. The number of carbonyl (C=O) groups is 1. The Morgan fingerprint density at radius 2 is 1.92 bits per heavy atom. The summed E-state index contributed by atoms with van der Waals surface area (Å²) in [5.74, 6) is 1.18. The van der Waals surface area contributed by atoms with Crippen LogP contribution in [-0.2, 0) is 10.5 Å². The molecule has 0 bridgehead atoms. The number of thioether (sulfide) groups is 1. The molecule has 0 aliphatic rings. The topological polar surface area (TPSA) is 64.1 Å². The summed E-state index contributed by atoms with van der Waals surface area (Å²) in [5, 5.41) is 11.4. The van der Waals surface area contributed by atoms with Crippen molar-refractivity contribution in [2.24, 2.45) is 0 Å². The third-order valence-electron chi connectivity index (χ3n) is 3.34. The predicted molar refractivity (Wildman–Crippen MR) is 109 cm³/mol. The Morgan fingerprint density at radius 1 is 1.19 bits per heavy atom. The van der Waals surface area contributed by atoms with Crippen molar-refractivity contribution in [1.29, 1.82) is 0 Å². The highest BCUT2D eigenvalue weighted by Crippen LogP contribution is 2.28. The lowest BCUT2D eigenvalue weighted by Crippen LogP contribution is -2.30. The Morgan fingerprint density at radius 3 is 2.65 bits per heavy atom. The molecule has 5 nitrogen and oxygen atoms in total. The van der Waals surface area contributed by atoms with E-state index in [0.29, 0.717) is 10.9 Å². The van der Waals surface area contributed by atoms with Crippen molar-refractivity contribution in [3.8, 4) is 5.75 Å². The minimum atomic E-state index is -0.638. The monoisotopic (exact) mass is 449 g/mol. The molecule has 3 rings (SSSR count). The maximum absolute atomic E-state index is 12.3. The van der Waals surface area contributed by atoms with Crippen LogP contribution in [-0.4, -0.2) is 22.2 Å². The van der Waals surface area contributed by atoms with Crippen molar-refractivity contribution in [3.63, 3.8) is 0 Å². The van der Waals surface area contributed by atoms with E-state index in [1.54, 1.807) is 30.8 Å². The number of nitrogens with zero attached hydrogens (tertiary/aromatic N) is 2. The normalized spacial score (nSPS) is 11.8. The average Bonchev–Trinajstić information content (AvgIpc) is 3.10. The van der Waals surface area contributed by atoms with E-state index in [2.05, 4.69) is 43.6 Å². The smallest absolute Gasteiger partial charge is 0.266 e. The Kier molecular flexibility index (Phi) is 6.65. The molecule has 0 unspecified atom stereocenters. The minimum absolute atomic E-state index is 0.260. The molecule has 0 spiro atoms. The quantitative estimate of drug-likeness (QED) is 0.406. The SMILES string of the molecule is C[C@@H](Oc1ccc(Br)cc1)C(=O)Nc1nnc(SCc2ccccc2)s1.